The number of benzene rings is 1. The van der Waals surface area contributed by atoms with Gasteiger partial charge in [0.25, 0.3) is 5.56 Å². The molecule has 18 heavy (non-hydrogen) atoms. The minimum absolute atomic E-state index is 0.108. The number of nitrogens with one attached hydrogen (secondary N) is 1. The van der Waals surface area contributed by atoms with E-state index in [0.717, 1.165) is 6.07 Å². The van der Waals surface area contributed by atoms with Gasteiger partial charge in [-0.05, 0) is 30.3 Å². The highest BCUT2D eigenvalue weighted by molar-refractivity contribution is 5.83. The lowest BCUT2D eigenvalue weighted by Crippen LogP contribution is -2.03. The van der Waals surface area contributed by atoms with Gasteiger partial charge in [-0.1, -0.05) is 0 Å². The summed E-state index contributed by atoms with van der Waals surface area (Å²) in [4.78, 5) is 13.8. The van der Waals surface area contributed by atoms with E-state index in [0.29, 0.717) is 16.7 Å². The number of aromatic hydroxyl groups is 1. The number of halogens is 1. The molecule has 0 bridgehead atoms. The van der Waals surface area contributed by atoms with Gasteiger partial charge in [-0.2, -0.15) is 0 Å². The first-order valence-corrected chi connectivity index (χ1v) is 5.34. The summed E-state index contributed by atoms with van der Waals surface area (Å²) in [6, 6.07) is 8.66. The molecule has 3 rings (SSSR count). The van der Waals surface area contributed by atoms with Crippen LogP contribution in [-0.4, -0.2) is 14.7 Å². The zero-order valence-electron chi connectivity index (χ0n) is 9.22. The average Bonchev–Trinajstić information content (AvgIpc) is 2.74. The van der Waals surface area contributed by atoms with E-state index < -0.39 is 0 Å². The van der Waals surface area contributed by atoms with Gasteiger partial charge in [0.15, 0.2) is 0 Å². The monoisotopic (exact) mass is 244 g/mol. The molecule has 0 aliphatic carbocycles. The number of aromatic amines is 1. The highest BCUT2D eigenvalue weighted by Gasteiger charge is 2.09. The first-order valence-electron chi connectivity index (χ1n) is 5.34. The highest BCUT2D eigenvalue weighted by Crippen LogP contribution is 2.25. The van der Waals surface area contributed by atoms with E-state index in [1.807, 2.05) is 0 Å². The van der Waals surface area contributed by atoms with Crippen molar-refractivity contribution in [3.63, 3.8) is 0 Å². The summed E-state index contributed by atoms with van der Waals surface area (Å²) in [6.07, 6.45) is 1.70. The molecule has 0 saturated heterocycles. The fourth-order valence-corrected chi connectivity index (χ4v) is 1.97. The molecular formula is C13H9FN2O2. The summed E-state index contributed by atoms with van der Waals surface area (Å²) in [5, 5.41) is 9.82. The maximum atomic E-state index is 12.9. The average molecular weight is 244 g/mol. The van der Waals surface area contributed by atoms with E-state index >= 15 is 0 Å². The van der Waals surface area contributed by atoms with Crippen LogP contribution in [0.15, 0.2) is 47.4 Å². The maximum absolute atomic E-state index is 12.9. The summed E-state index contributed by atoms with van der Waals surface area (Å²) >= 11 is 0. The van der Waals surface area contributed by atoms with Crippen LogP contribution in [0.5, 0.6) is 5.75 Å². The number of nitrogens with zero attached hydrogens (tertiary/aromatic N) is 1. The summed E-state index contributed by atoms with van der Waals surface area (Å²) in [6.45, 7) is 0. The molecule has 1 aromatic carbocycles. The smallest absolute Gasteiger partial charge is 0.252 e. The van der Waals surface area contributed by atoms with Crippen molar-refractivity contribution in [2.24, 2.45) is 0 Å². The SMILES string of the molecule is O=c1cc(O)c2c(ccn2-c2ccc(F)cc2)[nH]1. The normalized spacial score (nSPS) is 10.9. The lowest BCUT2D eigenvalue weighted by atomic mass is 10.3. The Bertz CT molecular complexity index is 772. The molecule has 5 heteroatoms. The standard InChI is InChI=1S/C13H9FN2O2/c14-8-1-3-9(4-2-8)16-6-5-10-13(16)11(17)7-12(18)15-10/h1-7H,(H2,15,17,18). The third-order valence-corrected chi connectivity index (χ3v) is 2.76. The van der Waals surface area contributed by atoms with Crippen LogP contribution in [0.1, 0.15) is 0 Å². The summed E-state index contributed by atoms with van der Waals surface area (Å²) in [5.41, 5.74) is 1.36. The second kappa shape index (κ2) is 3.73. The van der Waals surface area contributed by atoms with Gasteiger partial charge in [0, 0.05) is 18.0 Å². The molecule has 0 aliphatic rings. The van der Waals surface area contributed by atoms with E-state index in [1.165, 1.54) is 12.1 Å². The van der Waals surface area contributed by atoms with Crippen LogP contribution in [0.2, 0.25) is 0 Å². The third kappa shape index (κ3) is 1.57. The van der Waals surface area contributed by atoms with E-state index in [4.69, 9.17) is 0 Å². The van der Waals surface area contributed by atoms with Gasteiger partial charge in [0.05, 0.1) is 5.52 Å². The Morgan fingerprint density at radius 1 is 1.17 bits per heavy atom. The van der Waals surface area contributed by atoms with Crippen LogP contribution in [0.4, 0.5) is 4.39 Å². The number of rotatable bonds is 1. The number of pyridine rings is 1. The molecule has 0 radical (unpaired) electrons. The molecule has 3 aromatic rings. The van der Waals surface area contributed by atoms with Crippen LogP contribution >= 0.6 is 0 Å². The highest BCUT2D eigenvalue weighted by atomic mass is 19.1. The Balaban J connectivity index is 2.30. The Morgan fingerprint density at radius 3 is 2.61 bits per heavy atom. The Hall–Kier alpha value is -2.56. The van der Waals surface area contributed by atoms with Crippen molar-refractivity contribution in [3.05, 3.63) is 58.8 Å². The summed E-state index contributed by atoms with van der Waals surface area (Å²) in [5.74, 6) is -0.434. The number of fused-ring (bicyclic) bond motifs is 1. The van der Waals surface area contributed by atoms with Gasteiger partial charge in [0.1, 0.15) is 17.1 Å². The number of hydrogen-bond acceptors (Lipinski definition) is 2. The minimum atomic E-state index is -0.364. The molecule has 2 N–H and O–H groups in total. The topological polar surface area (TPSA) is 58.0 Å². The van der Waals surface area contributed by atoms with E-state index in [9.17, 15) is 14.3 Å². The fraction of sp³-hybridized carbons (Fsp3) is 0. The molecule has 0 unspecified atom stereocenters. The van der Waals surface area contributed by atoms with Crippen LogP contribution in [0, 0.1) is 5.82 Å². The Kier molecular flexibility index (Phi) is 2.19. The van der Waals surface area contributed by atoms with Crippen LogP contribution in [-0.2, 0) is 0 Å². The molecule has 0 atom stereocenters. The molecule has 90 valence electrons. The van der Waals surface area contributed by atoms with E-state index in [-0.39, 0.29) is 17.1 Å². The molecule has 4 nitrogen and oxygen atoms in total. The van der Waals surface area contributed by atoms with E-state index in [2.05, 4.69) is 4.98 Å². The third-order valence-electron chi connectivity index (χ3n) is 2.76. The quantitative estimate of drug-likeness (QED) is 0.689. The predicted octanol–water partition coefficient (Wildman–Crippen LogP) is 2.16. The molecule has 2 heterocycles. The van der Waals surface area contributed by atoms with Crippen molar-refractivity contribution in [2.75, 3.05) is 0 Å². The zero-order chi connectivity index (χ0) is 12.7. The van der Waals surface area contributed by atoms with Crippen molar-refractivity contribution >= 4 is 11.0 Å². The number of hydrogen-bond donors (Lipinski definition) is 2. The molecule has 0 spiro atoms. The molecule has 0 fully saturated rings. The van der Waals surface area contributed by atoms with Gasteiger partial charge < -0.3 is 14.7 Å². The van der Waals surface area contributed by atoms with Crippen molar-refractivity contribution in [3.8, 4) is 11.4 Å². The maximum Gasteiger partial charge on any atom is 0.252 e. The molecule has 2 aromatic heterocycles. The number of aromatic nitrogens is 2. The summed E-state index contributed by atoms with van der Waals surface area (Å²) < 4.78 is 14.5. The fourth-order valence-electron chi connectivity index (χ4n) is 1.97. The first kappa shape index (κ1) is 10.6. The molecule has 0 amide bonds. The van der Waals surface area contributed by atoms with Crippen LogP contribution in [0.25, 0.3) is 16.7 Å². The number of H-pyrrole nitrogens is 1. The van der Waals surface area contributed by atoms with Gasteiger partial charge >= 0.3 is 0 Å². The lowest BCUT2D eigenvalue weighted by Gasteiger charge is -2.06. The lowest BCUT2D eigenvalue weighted by molar-refractivity contribution is 0.478. The summed E-state index contributed by atoms with van der Waals surface area (Å²) in [7, 11) is 0. The second-order valence-corrected chi connectivity index (χ2v) is 3.94. The van der Waals surface area contributed by atoms with Crippen molar-refractivity contribution < 1.29 is 9.50 Å². The van der Waals surface area contributed by atoms with Gasteiger partial charge in [0.2, 0.25) is 0 Å². The van der Waals surface area contributed by atoms with E-state index in [1.54, 1.807) is 29.0 Å². The molecule has 0 aliphatic heterocycles. The van der Waals surface area contributed by atoms with Gasteiger partial charge in [-0.15, -0.1) is 0 Å². The molecule has 0 saturated carbocycles. The van der Waals surface area contributed by atoms with Crippen LogP contribution in [0.3, 0.4) is 0 Å². The second-order valence-electron chi connectivity index (χ2n) is 3.94. The van der Waals surface area contributed by atoms with Gasteiger partial charge in [-0.3, -0.25) is 4.79 Å². The minimum Gasteiger partial charge on any atom is -0.505 e. The Morgan fingerprint density at radius 2 is 1.89 bits per heavy atom. The van der Waals surface area contributed by atoms with Gasteiger partial charge in [-0.25, -0.2) is 4.39 Å². The Labute approximate surface area is 101 Å². The first-order chi connectivity index (χ1) is 8.65. The molecular weight excluding hydrogens is 235 g/mol. The predicted molar refractivity (Wildman–Crippen MR) is 65.5 cm³/mol. The zero-order valence-corrected chi connectivity index (χ0v) is 9.22. The van der Waals surface area contributed by atoms with Crippen molar-refractivity contribution in [2.45, 2.75) is 0 Å². The largest absolute Gasteiger partial charge is 0.505 e. The van der Waals surface area contributed by atoms with Crippen molar-refractivity contribution in [1.82, 2.24) is 9.55 Å². The van der Waals surface area contributed by atoms with Crippen molar-refractivity contribution in [1.29, 1.82) is 0 Å². The van der Waals surface area contributed by atoms with Crippen LogP contribution < -0.4 is 5.56 Å².